The maximum absolute atomic E-state index is 12.0. The summed E-state index contributed by atoms with van der Waals surface area (Å²) in [6.07, 6.45) is 4.64. The van der Waals surface area contributed by atoms with Gasteiger partial charge >= 0.3 is 0 Å². The number of allylic oxidation sites excluding steroid dienone is 1. The van der Waals surface area contributed by atoms with Crippen LogP contribution in [-0.2, 0) is 16.1 Å². The fourth-order valence-electron chi connectivity index (χ4n) is 3.36. The van der Waals surface area contributed by atoms with Crippen molar-refractivity contribution in [3.8, 4) is 0 Å². The van der Waals surface area contributed by atoms with Crippen LogP contribution >= 0.6 is 0 Å². The predicted molar refractivity (Wildman–Crippen MR) is 87.9 cm³/mol. The molecule has 1 unspecified atom stereocenters. The zero-order valence-electron chi connectivity index (χ0n) is 13.1. The molecule has 0 radical (unpaired) electrons. The molecule has 1 aromatic rings. The van der Waals surface area contributed by atoms with Gasteiger partial charge in [0.25, 0.3) is 0 Å². The third-order valence-corrected chi connectivity index (χ3v) is 4.82. The van der Waals surface area contributed by atoms with Gasteiger partial charge in [0.1, 0.15) is 0 Å². The van der Waals surface area contributed by atoms with Crippen LogP contribution in [0.25, 0.3) is 0 Å². The molecular formula is C19H25NO2. The van der Waals surface area contributed by atoms with E-state index in [9.17, 15) is 4.79 Å². The number of benzene rings is 1. The first-order chi connectivity index (χ1) is 10.7. The fourth-order valence-corrected chi connectivity index (χ4v) is 3.36. The highest BCUT2D eigenvalue weighted by molar-refractivity contribution is 5.87. The number of carbonyl (C=O) groups excluding carboxylic acids is 1. The monoisotopic (exact) mass is 299 g/mol. The van der Waals surface area contributed by atoms with Crippen LogP contribution in [0.15, 0.2) is 36.4 Å². The summed E-state index contributed by atoms with van der Waals surface area (Å²) in [6, 6.07) is 8.84. The molecule has 1 saturated carbocycles. The molecule has 1 aliphatic carbocycles. The molecule has 1 aliphatic heterocycles. The highest BCUT2D eigenvalue weighted by Gasteiger charge is 2.23. The van der Waals surface area contributed by atoms with Crippen LogP contribution in [0.1, 0.15) is 49.1 Å². The first kappa shape index (κ1) is 15.4. The predicted octanol–water partition coefficient (Wildman–Crippen LogP) is 3.35. The van der Waals surface area contributed by atoms with Gasteiger partial charge < -0.3 is 10.1 Å². The zero-order valence-corrected chi connectivity index (χ0v) is 13.1. The minimum absolute atomic E-state index is 0.000620. The Hall–Kier alpha value is -1.45. The lowest BCUT2D eigenvalue weighted by molar-refractivity contribution is -0.121. The Morgan fingerprint density at radius 1 is 1.14 bits per heavy atom. The number of carbonyl (C=O) groups is 1. The number of hydrogen-bond donors (Lipinski definition) is 1. The van der Waals surface area contributed by atoms with Gasteiger partial charge in [0.05, 0.1) is 6.04 Å². The van der Waals surface area contributed by atoms with Crippen molar-refractivity contribution in [1.29, 1.82) is 0 Å². The molecule has 3 nitrogen and oxygen atoms in total. The first-order valence-corrected chi connectivity index (χ1v) is 8.31. The number of Topliss-reactive ketones (excluding diaryl/α,β-unsaturated/α-hetero) is 1. The molecule has 1 N–H and O–H groups in total. The lowest BCUT2D eigenvalue weighted by atomic mass is 9.90. The molecule has 1 heterocycles. The largest absolute Gasteiger partial charge is 0.381 e. The highest BCUT2D eigenvalue weighted by Crippen LogP contribution is 2.27. The molecule has 1 saturated heterocycles. The van der Waals surface area contributed by atoms with E-state index in [2.05, 4.69) is 36.2 Å². The van der Waals surface area contributed by atoms with E-state index in [-0.39, 0.29) is 11.8 Å². The summed E-state index contributed by atoms with van der Waals surface area (Å²) in [7, 11) is 0. The average molecular weight is 299 g/mol. The van der Waals surface area contributed by atoms with E-state index < -0.39 is 0 Å². The second-order valence-corrected chi connectivity index (χ2v) is 6.49. The first-order valence-electron chi connectivity index (χ1n) is 8.31. The molecule has 1 aromatic carbocycles. The van der Waals surface area contributed by atoms with E-state index >= 15 is 0 Å². The van der Waals surface area contributed by atoms with E-state index in [0.717, 1.165) is 51.0 Å². The lowest BCUT2D eigenvalue weighted by Crippen LogP contribution is -2.38. The number of ether oxygens (including phenoxy) is 1. The van der Waals surface area contributed by atoms with Gasteiger partial charge in [-0.25, -0.2) is 0 Å². The Morgan fingerprint density at radius 2 is 1.86 bits per heavy atom. The van der Waals surface area contributed by atoms with Crippen LogP contribution in [0.4, 0.5) is 0 Å². The number of ketones is 1. The maximum atomic E-state index is 12.0. The van der Waals surface area contributed by atoms with Crippen molar-refractivity contribution in [3.63, 3.8) is 0 Å². The van der Waals surface area contributed by atoms with Gasteiger partial charge in [-0.05, 0) is 42.7 Å². The third-order valence-electron chi connectivity index (χ3n) is 4.82. The summed E-state index contributed by atoms with van der Waals surface area (Å²) in [5.74, 6) is 0.928. The van der Waals surface area contributed by atoms with Crippen molar-refractivity contribution in [2.24, 2.45) is 0 Å². The molecule has 0 spiro atoms. The van der Waals surface area contributed by atoms with Gasteiger partial charge in [-0.15, -0.1) is 0 Å². The SMILES string of the molecule is C=C1CCC(NCc2ccc(C3CCOCC3)cc2)C(=O)C1. The Bertz CT molecular complexity index is 529. The Balaban J connectivity index is 1.52. The van der Waals surface area contributed by atoms with E-state index in [1.807, 2.05) is 0 Å². The van der Waals surface area contributed by atoms with Crippen molar-refractivity contribution in [1.82, 2.24) is 5.32 Å². The Morgan fingerprint density at radius 3 is 2.55 bits per heavy atom. The third kappa shape index (κ3) is 3.84. The molecule has 3 heteroatoms. The molecule has 118 valence electrons. The van der Waals surface area contributed by atoms with Gasteiger partial charge in [0.15, 0.2) is 5.78 Å². The van der Waals surface area contributed by atoms with Crippen molar-refractivity contribution in [2.75, 3.05) is 13.2 Å². The zero-order chi connectivity index (χ0) is 15.4. The second kappa shape index (κ2) is 7.21. The van der Waals surface area contributed by atoms with E-state index in [1.54, 1.807) is 0 Å². The van der Waals surface area contributed by atoms with E-state index in [1.165, 1.54) is 11.1 Å². The van der Waals surface area contributed by atoms with Crippen molar-refractivity contribution in [3.05, 3.63) is 47.5 Å². The summed E-state index contributed by atoms with van der Waals surface area (Å²) in [5, 5.41) is 3.40. The molecule has 0 amide bonds. The summed E-state index contributed by atoms with van der Waals surface area (Å²) < 4.78 is 5.42. The van der Waals surface area contributed by atoms with Gasteiger partial charge in [0, 0.05) is 26.2 Å². The quantitative estimate of drug-likeness (QED) is 0.867. The minimum Gasteiger partial charge on any atom is -0.381 e. The maximum Gasteiger partial charge on any atom is 0.153 e. The summed E-state index contributed by atoms with van der Waals surface area (Å²) in [5.41, 5.74) is 3.73. The minimum atomic E-state index is 0.000620. The molecular weight excluding hydrogens is 274 g/mol. The lowest BCUT2D eigenvalue weighted by Gasteiger charge is -2.24. The summed E-state index contributed by atoms with van der Waals surface area (Å²) in [4.78, 5) is 12.0. The number of hydrogen-bond acceptors (Lipinski definition) is 3. The normalized spacial score (nSPS) is 23.7. The van der Waals surface area contributed by atoms with Crippen LogP contribution in [0.5, 0.6) is 0 Å². The molecule has 3 rings (SSSR count). The average Bonchev–Trinajstić information content (AvgIpc) is 2.55. The van der Waals surface area contributed by atoms with Crippen LogP contribution in [0.3, 0.4) is 0 Å². The van der Waals surface area contributed by atoms with Gasteiger partial charge in [-0.1, -0.05) is 36.4 Å². The van der Waals surface area contributed by atoms with Crippen LogP contribution in [-0.4, -0.2) is 25.0 Å². The molecule has 22 heavy (non-hydrogen) atoms. The standard InChI is InChI=1S/C19H25NO2/c1-14-2-7-18(19(21)12-14)20-13-15-3-5-16(6-4-15)17-8-10-22-11-9-17/h3-6,17-18,20H,1-2,7-13H2. The smallest absolute Gasteiger partial charge is 0.153 e. The van der Waals surface area contributed by atoms with E-state index in [0.29, 0.717) is 12.3 Å². The molecule has 1 atom stereocenters. The van der Waals surface area contributed by atoms with Gasteiger partial charge in [-0.3, -0.25) is 4.79 Å². The number of nitrogens with one attached hydrogen (secondary N) is 1. The second-order valence-electron chi connectivity index (χ2n) is 6.49. The Labute approximate surface area is 132 Å². The topological polar surface area (TPSA) is 38.3 Å². The van der Waals surface area contributed by atoms with Crippen molar-refractivity contribution < 1.29 is 9.53 Å². The number of rotatable bonds is 4. The molecule has 2 aliphatic rings. The highest BCUT2D eigenvalue weighted by atomic mass is 16.5. The van der Waals surface area contributed by atoms with Crippen molar-refractivity contribution >= 4 is 5.78 Å². The van der Waals surface area contributed by atoms with Crippen molar-refractivity contribution in [2.45, 2.75) is 50.6 Å². The van der Waals surface area contributed by atoms with Gasteiger partial charge in [-0.2, -0.15) is 0 Å². The molecule has 0 aromatic heterocycles. The van der Waals surface area contributed by atoms with E-state index in [4.69, 9.17) is 4.74 Å². The summed E-state index contributed by atoms with van der Waals surface area (Å²) >= 11 is 0. The molecule has 0 bridgehead atoms. The van der Waals surface area contributed by atoms with Gasteiger partial charge in [0.2, 0.25) is 0 Å². The fraction of sp³-hybridized carbons (Fsp3) is 0.526. The molecule has 2 fully saturated rings. The Kier molecular flexibility index (Phi) is 5.06. The summed E-state index contributed by atoms with van der Waals surface area (Å²) in [6.45, 7) is 6.43. The van der Waals surface area contributed by atoms with Crippen LogP contribution in [0.2, 0.25) is 0 Å². The van der Waals surface area contributed by atoms with Crippen LogP contribution < -0.4 is 5.32 Å². The van der Waals surface area contributed by atoms with Crippen LogP contribution in [0, 0.1) is 0 Å².